The Labute approximate surface area is 168 Å². The fraction of sp³-hybridized carbons (Fsp3) is 0.227. The molecule has 1 N–H and O–H groups in total. The molecule has 144 valence electrons. The highest BCUT2D eigenvalue weighted by Gasteiger charge is 2.15. The van der Waals surface area contributed by atoms with Crippen molar-refractivity contribution >= 4 is 40.1 Å². The number of pyridine rings is 1. The molecule has 28 heavy (non-hydrogen) atoms. The van der Waals surface area contributed by atoms with Gasteiger partial charge in [0, 0.05) is 34.9 Å². The van der Waals surface area contributed by atoms with Crippen molar-refractivity contribution in [2.45, 2.75) is 13.3 Å². The van der Waals surface area contributed by atoms with Gasteiger partial charge in [-0.1, -0.05) is 36.7 Å². The van der Waals surface area contributed by atoms with Crippen LogP contribution in [0, 0.1) is 11.7 Å². The predicted octanol–water partition coefficient (Wildman–Crippen LogP) is 5.49. The van der Waals surface area contributed by atoms with Crippen molar-refractivity contribution in [1.29, 1.82) is 0 Å². The van der Waals surface area contributed by atoms with Gasteiger partial charge < -0.3 is 10.1 Å². The summed E-state index contributed by atoms with van der Waals surface area (Å²) in [4.78, 5) is 13.4. The first kappa shape index (κ1) is 20.1. The van der Waals surface area contributed by atoms with Crippen LogP contribution in [0.15, 0.2) is 58.5 Å². The van der Waals surface area contributed by atoms with E-state index in [2.05, 4.69) is 9.98 Å². The number of aliphatic imine (C=N–C) groups is 2. The fourth-order valence-corrected chi connectivity index (χ4v) is 3.25. The lowest BCUT2D eigenvalue weighted by Crippen LogP contribution is -2.19. The number of rotatable bonds is 6. The normalized spacial score (nSPS) is 13.4. The van der Waals surface area contributed by atoms with Crippen molar-refractivity contribution in [2.24, 2.45) is 15.9 Å². The molecular weight excluding hydrogens is 377 g/mol. The molecule has 0 radical (unpaired) electrons. The SMILES string of the molecule is CCC(=Nc1cc(-c2cc(Cl)ccc2F)nc2ccccc12)C(C=NC)CO. The van der Waals surface area contributed by atoms with Crippen molar-refractivity contribution in [3.63, 3.8) is 0 Å². The Morgan fingerprint density at radius 3 is 2.75 bits per heavy atom. The van der Waals surface area contributed by atoms with Crippen LogP contribution in [-0.2, 0) is 0 Å². The average Bonchev–Trinajstić information content (AvgIpc) is 2.72. The minimum Gasteiger partial charge on any atom is -0.395 e. The van der Waals surface area contributed by atoms with E-state index in [9.17, 15) is 9.50 Å². The van der Waals surface area contributed by atoms with Crippen LogP contribution < -0.4 is 0 Å². The minimum atomic E-state index is -0.399. The molecule has 0 saturated heterocycles. The number of halogens is 2. The smallest absolute Gasteiger partial charge is 0.132 e. The number of hydrogen-bond acceptors (Lipinski definition) is 4. The molecule has 1 unspecified atom stereocenters. The summed E-state index contributed by atoms with van der Waals surface area (Å²) in [7, 11) is 1.66. The topological polar surface area (TPSA) is 57.8 Å². The number of aliphatic hydroxyl groups is 1. The Morgan fingerprint density at radius 1 is 1.25 bits per heavy atom. The Hall–Kier alpha value is -2.63. The van der Waals surface area contributed by atoms with Gasteiger partial charge in [-0.05, 0) is 36.8 Å². The van der Waals surface area contributed by atoms with Crippen LogP contribution in [0.5, 0.6) is 0 Å². The van der Waals surface area contributed by atoms with Gasteiger partial charge in [0.2, 0.25) is 0 Å². The summed E-state index contributed by atoms with van der Waals surface area (Å²) in [5.74, 6) is -0.669. The first-order valence-corrected chi connectivity index (χ1v) is 9.41. The lowest BCUT2D eigenvalue weighted by atomic mass is 10.0. The quantitative estimate of drug-likeness (QED) is 0.559. The van der Waals surface area contributed by atoms with E-state index in [4.69, 9.17) is 16.6 Å². The molecule has 0 amide bonds. The maximum atomic E-state index is 14.4. The Bertz CT molecular complexity index is 1050. The van der Waals surface area contributed by atoms with Gasteiger partial charge in [-0.15, -0.1) is 0 Å². The van der Waals surface area contributed by atoms with Gasteiger partial charge >= 0.3 is 0 Å². The van der Waals surface area contributed by atoms with Crippen LogP contribution in [0.3, 0.4) is 0 Å². The van der Waals surface area contributed by atoms with Crippen molar-refractivity contribution in [2.75, 3.05) is 13.7 Å². The van der Waals surface area contributed by atoms with Gasteiger partial charge in [0.25, 0.3) is 0 Å². The maximum absolute atomic E-state index is 14.4. The summed E-state index contributed by atoms with van der Waals surface area (Å²) in [6.07, 6.45) is 2.33. The summed E-state index contributed by atoms with van der Waals surface area (Å²) >= 11 is 6.06. The summed E-state index contributed by atoms with van der Waals surface area (Å²) in [6.45, 7) is 1.90. The first-order chi connectivity index (χ1) is 13.6. The number of aliphatic hydroxyl groups excluding tert-OH is 1. The third-order valence-corrected chi connectivity index (χ3v) is 4.71. The van der Waals surface area contributed by atoms with Gasteiger partial charge in [-0.25, -0.2) is 9.37 Å². The van der Waals surface area contributed by atoms with Crippen LogP contribution in [0.25, 0.3) is 22.2 Å². The first-order valence-electron chi connectivity index (χ1n) is 9.03. The molecule has 0 aliphatic heterocycles. The van der Waals surface area contributed by atoms with E-state index in [1.54, 1.807) is 25.4 Å². The van der Waals surface area contributed by atoms with Gasteiger partial charge in [0.15, 0.2) is 0 Å². The van der Waals surface area contributed by atoms with Gasteiger partial charge in [0.05, 0.1) is 29.4 Å². The van der Waals surface area contributed by atoms with Crippen LogP contribution in [0.1, 0.15) is 13.3 Å². The van der Waals surface area contributed by atoms with Crippen molar-refractivity contribution in [3.05, 3.63) is 59.4 Å². The monoisotopic (exact) mass is 397 g/mol. The number of benzene rings is 2. The zero-order valence-corrected chi connectivity index (χ0v) is 16.5. The molecule has 0 bridgehead atoms. The second-order valence-corrected chi connectivity index (χ2v) is 6.76. The number of para-hydroxylation sites is 1. The summed E-state index contributed by atoms with van der Waals surface area (Å²) in [5, 5.41) is 11.0. The fourth-order valence-electron chi connectivity index (χ4n) is 3.08. The second-order valence-electron chi connectivity index (χ2n) is 6.32. The number of aromatic nitrogens is 1. The molecular formula is C22H21ClFN3O. The third kappa shape index (κ3) is 4.26. The van der Waals surface area contributed by atoms with Gasteiger partial charge in [-0.3, -0.25) is 4.99 Å². The third-order valence-electron chi connectivity index (χ3n) is 4.48. The Morgan fingerprint density at radius 2 is 2.04 bits per heavy atom. The molecule has 4 nitrogen and oxygen atoms in total. The van der Waals surface area contributed by atoms with Crippen molar-refractivity contribution in [1.82, 2.24) is 4.98 Å². The molecule has 1 atom stereocenters. The number of hydrogen-bond donors (Lipinski definition) is 1. The predicted molar refractivity (Wildman–Crippen MR) is 115 cm³/mol. The van der Waals surface area contributed by atoms with E-state index in [1.165, 1.54) is 12.1 Å². The molecule has 0 saturated carbocycles. The van der Waals surface area contributed by atoms with Crippen LogP contribution in [0.4, 0.5) is 10.1 Å². The van der Waals surface area contributed by atoms with Crippen LogP contribution in [0.2, 0.25) is 5.02 Å². The number of fused-ring (bicyclic) bond motifs is 1. The molecule has 0 aliphatic rings. The molecule has 2 aromatic carbocycles. The van der Waals surface area contributed by atoms with Crippen LogP contribution >= 0.6 is 11.6 Å². The zero-order valence-electron chi connectivity index (χ0n) is 15.7. The van der Waals surface area contributed by atoms with Gasteiger partial charge in [-0.2, -0.15) is 0 Å². The summed E-state index contributed by atoms with van der Waals surface area (Å²) < 4.78 is 14.4. The molecule has 1 heterocycles. The molecule has 0 fully saturated rings. The van der Waals surface area contributed by atoms with E-state index in [0.717, 1.165) is 11.1 Å². The highest BCUT2D eigenvalue weighted by atomic mass is 35.5. The molecule has 1 aromatic heterocycles. The summed E-state index contributed by atoms with van der Waals surface area (Å²) in [6, 6.07) is 13.7. The number of nitrogens with zero attached hydrogens (tertiary/aromatic N) is 3. The van der Waals surface area contributed by atoms with Gasteiger partial charge in [0.1, 0.15) is 5.82 Å². The Balaban J connectivity index is 2.24. The van der Waals surface area contributed by atoms with E-state index in [1.807, 2.05) is 31.2 Å². The van der Waals surface area contributed by atoms with E-state index in [0.29, 0.717) is 33.9 Å². The molecule has 0 aliphatic carbocycles. The second kappa shape index (κ2) is 9.04. The standard InChI is InChI=1S/C22H21ClFN3O/c1-3-19(14(13-28)12-25-2)26-21-11-22(17-10-15(23)8-9-18(17)24)27-20-7-5-4-6-16(20)21/h4-12,14,28H,3,13H2,1-2H3. The largest absolute Gasteiger partial charge is 0.395 e. The van der Waals surface area contributed by atoms with Crippen LogP contribution in [-0.4, -0.2) is 35.7 Å². The highest BCUT2D eigenvalue weighted by molar-refractivity contribution is 6.30. The Kier molecular flexibility index (Phi) is 6.49. The lowest BCUT2D eigenvalue weighted by molar-refractivity contribution is 0.288. The maximum Gasteiger partial charge on any atom is 0.132 e. The molecule has 6 heteroatoms. The molecule has 3 aromatic rings. The van der Waals surface area contributed by atoms with E-state index >= 15 is 0 Å². The van der Waals surface area contributed by atoms with E-state index < -0.39 is 5.82 Å². The zero-order chi connectivity index (χ0) is 20.1. The minimum absolute atomic E-state index is 0.0805. The summed E-state index contributed by atoms with van der Waals surface area (Å²) in [5.41, 5.74) is 2.94. The average molecular weight is 398 g/mol. The lowest BCUT2D eigenvalue weighted by Gasteiger charge is -2.13. The molecule has 3 rings (SSSR count). The van der Waals surface area contributed by atoms with Crippen molar-refractivity contribution < 1.29 is 9.50 Å². The van der Waals surface area contributed by atoms with E-state index in [-0.39, 0.29) is 12.5 Å². The van der Waals surface area contributed by atoms with Crippen molar-refractivity contribution in [3.8, 4) is 11.3 Å². The highest BCUT2D eigenvalue weighted by Crippen LogP contribution is 2.33. The molecule has 0 spiro atoms.